The maximum absolute atomic E-state index is 11.7. The van der Waals surface area contributed by atoms with Gasteiger partial charge in [0.2, 0.25) is 11.9 Å². The number of imidazole rings is 1. The van der Waals surface area contributed by atoms with Gasteiger partial charge in [0.15, 0.2) is 17.2 Å². The smallest absolute Gasteiger partial charge is 0.247 e. The fourth-order valence-electron chi connectivity index (χ4n) is 4.54. The summed E-state index contributed by atoms with van der Waals surface area (Å²) in [7, 11) is 0. The maximum Gasteiger partial charge on any atom is 0.247 e. The predicted octanol–water partition coefficient (Wildman–Crippen LogP) is 1.93. The Balaban J connectivity index is 1.34. The lowest BCUT2D eigenvalue weighted by atomic mass is 9.99. The molecule has 13 heteroatoms. The van der Waals surface area contributed by atoms with E-state index in [4.69, 9.17) is 16.3 Å². The molecule has 6 rings (SSSR count). The Morgan fingerprint density at radius 2 is 2.08 bits per heavy atom. The summed E-state index contributed by atoms with van der Waals surface area (Å²) in [5.41, 5.74) is 2.28. The molecule has 0 radical (unpaired) electrons. The zero-order valence-corrected chi connectivity index (χ0v) is 19.8. The quantitative estimate of drug-likeness (QED) is 0.469. The zero-order chi connectivity index (χ0) is 24.8. The number of anilines is 4. The van der Waals surface area contributed by atoms with E-state index in [1.165, 1.54) is 10.7 Å². The van der Waals surface area contributed by atoms with E-state index in [0.29, 0.717) is 59.0 Å². The van der Waals surface area contributed by atoms with Gasteiger partial charge in [0.05, 0.1) is 46.4 Å². The van der Waals surface area contributed by atoms with Crippen molar-refractivity contribution in [2.45, 2.75) is 37.5 Å². The van der Waals surface area contributed by atoms with Gasteiger partial charge in [-0.05, 0) is 31.4 Å². The number of amides is 1. The Kier molecular flexibility index (Phi) is 5.48. The van der Waals surface area contributed by atoms with E-state index in [2.05, 4.69) is 48.1 Å². The van der Waals surface area contributed by atoms with Gasteiger partial charge in [-0.25, -0.2) is 4.98 Å². The molecule has 2 aliphatic heterocycles. The van der Waals surface area contributed by atoms with Crippen molar-refractivity contribution in [3.63, 3.8) is 0 Å². The fraction of sp³-hybridized carbons (Fsp3) is 0.391. The Morgan fingerprint density at radius 1 is 1.22 bits per heavy atom. The van der Waals surface area contributed by atoms with Crippen LogP contribution in [0.15, 0.2) is 18.3 Å². The first-order valence-corrected chi connectivity index (χ1v) is 12.0. The molecule has 2 saturated heterocycles. The number of morpholine rings is 1. The van der Waals surface area contributed by atoms with Crippen LogP contribution < -0.4 is 20.9 Å². The molecule has 1 aromatic carbocycles. The number of aromatic nitrogens is 4. The average molecular weight is 505 g/mol. The van der Waals surface area contributed by atoms with Crippen LogP contribution >= 0.6 is 11.6 Å². The molecule has 3 fully saturated rings. The summed E-state index contributed by atoms with van der Waals surface area (Å²) in [6, 6.07) is 7.92. The second kappa shape index (κ2) is 8.82. The van der Waals surface area contributed by atoms with Crippen LogP contribution in [0, 0.1) is 22.7 Å². The van der Waals surface area contributed by atoms with Crippen LogP contribution in [-0.2, 0) is 9.53 Å². The maximum atomic E-state index is 11.7. The molecule has 1 amide bonds. The largest absolute Gasteiger partial charge is 0.367 e. The van der Waals surface area contributed by atoms with Gasteiger partial charge in [-0.1, -0.05) is 11.6 Å². The highest BCUT2D eigenvalue weighted by atomic mass is 35.5. The fourth-order valence-corrected chi connectivity index (χ4v) is 4.82. The van der Waals surface area contributed by atoms with Crippen molar-refractivity contribution in [3.8, 4) is 12.1 Å². The molecular formula is C23H21ClN10O2. The SMILES string of the molecule is N#Cc1cc(Nc2nc(NC3CC3)c3ncc(C#N)n3n2)c(Cl)c(N2CCC3NC(=O)COC3C2)c1. The average Bonchev–Trinajstić information content (AvgIpc) is 3.60. The minimum Gasteiger partial charge on any atom is -0.367 e. The molecule has 2 atom stereocenters. The molecule has 3 N–H and O–H groups in total. The second-order valence-corrected chi connectivity index (χ2v) is 9.42. The molecule has 1 saturated carbocycles. The van der Waals surface area contributed by atoms with E-state index in [-0.39, 0.29) is 36.3 Å². The Hall–Kier alpha value is -4.13. The monoisotopic (exact) mass is 504 g/mol. The number of halogens is 1. The number of carbonyl (C=O) groups excluding carboxylic acids is 1. The molecule has 182 valence electrons. The first kappa shape index (κ1) is 22.3. The molecule has 2 aromatic heterocycles. The van der Waals surface area contributed by atoms with E-state index in [0.717, 1.165) is 12.8 Å². The van der Waals surface area contributed by atoms with Gasteiger partial charge in [-0.3, -0.25) is 4.79 Å². The van der Waals surface area contributed by atoms with Gasteiger partial charge < -0.3 is 25.6 Å². The van der Waals surface area contributed by atoms with Crippen molar-refractivity contribution in [2.24, 2.45) is 0 Å². The second-order valence-electron chi connectivity index (χ2n) is 9.05. The van der Waals surface area contributed by atoms with Crippen molar-refractivity contribution < 1.29 is 9.53 Å². The highest BCUT2D eigenvalue weighted by Crippen LogP contribution is 2.38. The number of rotatable bonds is 5. The van der Waals surface area contributed by atoms with E-state index in [1.807, 2.05) is 0 Å². The van der Waals surface area contributed by atoms with Gasteiger partial charge in [0.1, 0.15) is 12.7 Å². The topological polar surface area (TPSA) is 156 Å². The number of piperidine rings is 1. The zero-order valence-electron chi connectivity index (χ0n) is 19.0. The van der Waals surface area contributed by atoms with Crippen molar-refractivity contribution in [2.75, 3.05) is 35.2 Å². The number of nitrogens with one attached hydrogen (secondary N) is 3. The number of hydrogen-bond acceptors (Lipinski definition) is 10. The summed E-state index contributed by atoms with van der Waals surface area (Å²) >= 11 is 6.84. The summed E-state index contributed by atoms with van der Waals surface area (Å²) in [5, 5.41) is 33.5. The van der Waals surface area contributed by atoms with Crippen LogP contribution in [0.2, 0.25) is 5.02 Å². The van der Waals surface area contributed by atoms with Gasteiger partial charge in [0, 0.05) is 19.1 Å². The number of carbonyl (C=O) groups is 1. The lowest BCUT2D eigenvalue weighted by Gasteiger charge is -2.42. The van der Waals surface area contributed by atoms with Crippen LogP contribution in [0.3, 0.4) is 0 Å². The van der Waals surface area contributed by atoms with Gasteiger partial charge in [0.25, 0.3) is 0 Å². The summed E-state index contributed by atoms with van der Waals surface area (Å²) in [6.45, 7) is 1.19. The summed E-state index contributed by atoms with van der Waals surface area (Å²) in [4.78, 5) is 22.6. The van der Waals surface area contributed by atoms with Crippen molar-refractivity contribution in [1.82, 2.24) is 24.9 Å². The predicted molar refractivity (Wildman–Crippen MR) is 130 cm³/mol. The molecule has 3 aromatic rings. The Bertz CT molecular complexity index is 1450. The lowest BCUT2D eigenvalue weighted by Crippen LogP contribution is -2.59. The van der Waals surface area contributed by atoms with E-state index < -0.39 is 0 Å². The number of nitrogens with zero attached hydrogens (tertiary/aromatic N) is 7. The molecule has 12 nitrogen and oxygen atoms in total. The van der Waals surface area contributed by atoms with E-state index >= 15 is 0 Å². The van der Waals surface area contributed by atoms with Crippen molar-refractivity contribution >= 4 is 46.3 Å². The first-order valence-electron chi connectivity index (χ1n) is 11.6. The molecule has 2 unspecified atom stereocenters. The molecular weight excluding hydrogens is 484 g/mol. The third-order valence-electron chi connectivity index (χ3n) is 6.50. The molecule has 4 heterocycles. The van der Waals surface area contributed by atoms with Crippen LogP contribution in [0.25, 0.3) is 5.65 Å². The highest BCUT2D eigenvalue weighted by molar-refractivity contribution is 6.36. The van der Waals surface area contributed by atoms with Crippen LogP contribution in [0.4, 0.5) is 23.1 Å². The lowest BCUT2D eigenvalue weighted by molar-refractivity contribution is -0.137. The van der Waals surface area contributed by atoms with Crippen LogP contribution in [0.1, 0.15) is 30.5 Å². The minimum absolute atomic E-state index is 0.0315. The Morgan fingerprint density at radius 3 is 2.86 bits per heavy atom. The van der Waals surface area contributed by atoms with Gasteiger partial charge >= 0.3 is 0 Å². The number of benzene rings is 1. The van der Waals surface area contributed by atoms with Gasteiger partial charge in [-0.2, -0.15) is 20.0 Å². The molecule has 0 bridgehead atoms. The molecule has 3 aliphatic rings. The van der Waals surface area contributed by atoms with Crippen molar-refractivity contribution in [3.05, 3.63) is 34.6 Å². The number of nitriles is 2. The number of fused-ring (bicyclic) bond motifs is 2. The molecule has 1 aliphatic carbocycles. The number of ether oxygens (including phenoxy) is 1. The third kappa shape index (κ3) is 4.11. The molecule has 36 heavy (non-hydrogen) atoms. The Labute approximate surface area is 210 Å². The minimum atomic E-state index is -0.165. The normalized spacial score (nSPS) is 21.3. The summed E-state index contributed by atoms with van der Waals surface area (Å²) in [6.07, 6.45) is 4.05. The first-order chi connectivity index (χ1) is 17.5. The highest BCUT2D eigenvalue weighted by Gasteiger charge is 2.35. The van der Waals surface area contributed by atoms with E-state index in [1.54, 1.807) is 12.1 Å². The van der Waals surface area contributed by atoms with Crippen LogP contribution in [-0.4, -0.2) is 63.4 Å². The van der Waals surface area contributed by atoms with Crippen LogP contribution in [0.5, 0.6) is 0 Å². The van der Waals surface area contributed by atoms with Crippen molar-refractivity contribution in [1.29, 1.82) is 10.5 Å². The number of hydrogen-bond donors (Lipinski definition) is 3. The summed E-state index contributed by atoms with van der Waals surface area (Å²) < 4.78 is 7.17. The summed E-state index contributed by atoms with van der Waals surface area (Å²) in [5.74, 6) is 0.619. The van der Waals surface area contributed by atoms with E-state index in [9.17, 15) is 15.3 Å². The third-order valence-corrected chi connectivity index (χ3v) is 6.90. The molecule has 0 spiro atoms. The van der Waals surface area contributed by atoms with Gasteiger partial charge in [-0.15, -0.1) is 5.10 Å². The standard InChI is InChI=1S/C23H21ClN10O2/c24-20-16(30-23-31-21(28-13-1-2-13)22-27-9-14(8-26)34(22)32-23)5-12(7-25)6-17(20)33-4-3-15-18(10-33)36-11-19(35)29-15/h5-6,9,13,15,18H,1-4,10-11H2,(H,29,35)(H2,28,30,31,32).